The summed E-state index contributed by atoms with van der Waals surface area (Å²) in [6.07, 6.45) is -0.213. The van der Waals surface area contributed by atoms with Crippen LogP contribution in [0.3, 0.4) is 0 Å². The Bertz CT molecular complexity index is 500. The van der Waals surface area contributed by atoms with E-state index in [1.807, 2.05) is 13.8 Å². The van der Waals surface area contributed by atoms with Crippen LogP contribution >= 0.6 is 0 Å². The normalized spacial score (nSPS) is 12.1. The van der Waals surface area contributed by atoms with Crippen molar-refractivity contribution in [3.63, 3.8) is 0 Å². The van der Waals surface area contributed by atoms with E-state index in [1.165, 1.54) is 4.90 Å². The molecule has 2 N–H and O–H groups in total. The molecule has 1 aromatic carbocycles. The third-order valence-corrected chi connectivity index (χ3v) is 3.43. The molecular weight excluding hydrogens is 268 g/mol. The fraction of sp³-hybridized carbons (Fsp3) is 0.500. The second-order valence-electron chi connectivity index (χ2n) is 5.34. The Morgan fingerprint density at radius 3 is 2.48 bits per heavy atom. The summed E-state index contributed by atoms with van der Waals surface area (Å²) in [5, 5.41) is 12.5. The number of benzene rings is 1. The van der Waals surface area contributed by atoms with E-state index >= 15 is 0 Å². The zero-order chi connectivity index (χ0) is 16.0. The number of nitrogens with zero attached hydrogens (tertiary/aromatic N) is 1. The number of hydrogen-bond acceptors (Lipinski definition) is 3. The summed E-state index contributed by atoms with van der Waals surface area (Å²) in [5.74, 6) is -0.275. The van der Waals surface area contributed by atoms with E-state index in [0.29, 0.717) is 17.7 Å². The maximum absolute atomic E-state index is 12.2. The first-order valence-corrected chi connectivity index (χ1v) is 7.20. The van der Waals surface area contributed by atoms with Crippen LogP contribution < -0.4 is 10.2 Å². The maximum Gasteiger partial charge on any atom is 0.253 e. The number of aliphatic hydroxyl groups is 1. The van der Waals surface area contributed by atoms with E-state index in [2.05, 4.69) is 5.32 Å². The summed E-state index contributed by atoms with van der Waals surface area (Å²) in [6, 6.07) is 6.95. The third kappa shape index (κ3) is 4.56. The molecule has 0 aliphatic rings. The van der Waals surface area contributed by atoms with Crippen LogP contribution in [-0.4, -0.2) is 36.6 Å². The van der Waals surface area contributed by atoms with Gasteiger partial charge >= 0.3 is 0 Å². The molecule has 0 spiro atoms. The first kappa shape index (κ1) is 17.2. The molecule has 21 heavy (non-hydrogen) atoms. The molecule has 5 nitrogen and oxygen atoms in total. The minimum Gasteiger partial charge on any atom is -0.391 e. The van der Waals surface area contributed by atoms with Crippen LogP contribution in [0.4, 0.5) is 5.69 Å². The molecule has 0 bridgehead atoms. The minimum atomic E-state index is -0.587. The molecule has 0 heterocycles. The third-order valence-electron chi connectivity index (χ3n) is 3.43. The highest BCUT2D eigenvalue weighted by Gasteiger charge is 2.18. The molecule has 1 aromatic rings. The lowest BCUT2D eigenvalue weighted by molar-refractivity contribution is -0.118. The highest BCUT2D eigenvalue weighted by molar-refractivity contribution is 6.04. The second kappa shape index (κ2) is 7.78. The van der Waals surface area contributed by atoms with E-state index in [1.54, 1.807) is 38.2 Å². The Hall–Kier alpha value is -1.88. The number of para-hydroxylation sites is 1. The summed E-state index contributed by atoms with van der Waals surface area (Å²) in [5.41, 5.74) is 0.999. The summed E-state index contributed by atoms with van der Waals surface area (Å²) in [6.45, 7) is 5.74. The van der Waals surface area contributed by atoms with Crippen molar-refractivity contribution in [3.8, 4) is 0 Å². The smallest absolute Gasteiger partial charge is 0.253 e. The van der Waals surface area contributed by atoms with Crippen LogP contribution in [0.15, 0.2) is 24.3 Å². The molecule has 0 fully saturated rings. The zero-order valence-electron chi connectivity index (χ0n) is 13.1. The maximum atomic E-state index is 12.2. The molecule has 0 aliphatic carbocycles. The molecule has 0 saturated heterocycles. The van der Waals surface area contributed by atoms with Crippen molar-refractivity contribution in [2.45, 2.75) is 33.3 Å². The highest BCUT2D eigenvalue weighted by Crippen LogP contribution is 2.19. The molecule has 1 unspecified atom stereocenters. The van der Waals surface area contributed by atoms with Gasteiger partial charge in [-0.1, -0.05) is 32.9 Å². The van der Waals surface area contributed by atoms with Crippen molar-refractivity contribution in [2.24, 2.45) is 5.92 Å². The Morgan fingerprint density at radius 2 is 1.90 bits per heavy atom. The highest BCUT2D eigenvalue weighted by atomic mass is 16.3. The molecule has 0 saturated carbocycles. The molecule has 116 valence electrons. The molecule has 0 aromatic heterocycles. The van der Waals surface area contributed by atoms with Gasteiger partial charge in [-0.15, -0.1) is 0 Å². The average molecular weight is 292 g/mol. The fourth-order valence-corrected chi connectivity index (χ4v) is 1.86. The minimum absolute atomic E-state index is 0.0579. The lowest BCUT2D eigenvalue weighted by atomic mass is 10.1. The number of hydrogen-bond donors (Lipinski definition) is 2. The van der Waals surface area contributed by atoms with Crippen molar-refractivity contribution < 1.29 is 14.7 Å². The van der Waals surface area contributed by atoms with Crippen LogP contribution in [0.25, 0.3) is 0 Å². The summed E-state index contributed by atoms with van der Waals surface area (Å²) in [4.78, 5) is 25.5. The second-order valence-corrected chi connectivity index (χ2v) is 5.34. The number of carbonyl (C=O) groups excluding carboxylic acids is 2. The topological polar surface area (TPSA) is 69.6 Å². The van der Waals surface area contributed by atoms with Gasteiger partial charge in [0, 0.05) is 20.0 Å². The van der Waals surface area contributed by atoms with Crippen LogP contribution in [-0.2, 0) is 4.79 Å². The molecule has 1 rings (SSSR count). The Kier molecular flexibility index (Phi) is 6.37. The first-order valence-electron chi connectivity index (χ1n) is 7.20. The van der Waals surface area contributed by atoms with E-state index in [4.69, 9.17) is 0 Å². The van der Waals surface area contributed by atoms with Gasteiger partial charge in [0.2, 0.25) is 5.91 Å². The molecular formula is C16H24N2O3. The van der Waals surface area contributed by atoms with Gasteiger partial charge in [0.25, 0.3) is 5.91 Å². The number of carbonyl (C=O) groups is 2. The number of rotatable bonds is 6. The molecule has 0 radical (unpaired) electrons. The summed E-state index contributed by atoms with van der Waals surface area (Å²) in [7, 11) is 1.65. The van der Waals surface area contributed by atoms with Crippen LogP contribution in [0.1, 0.15) is 37.6 Å². The van der Waals surface area contributed by atoms with E-state index < -0.39 is 6.10 Å². The number of aliphatic hydroxyl groups excluding tert-OH is 1. The van der Waals surface area contributed by atoms with Gasteiger partial charge in [-0.05, 0) is 18.1 Å². The lowest BCUT2D eigenvalue weighted by Crippen LogP contribution is -2.36. The standard InChI is InChI=1S/C16H24N2O3/c1-5-15(20)18(4)13-9-7-6-8-12(13)16(21)17-10-14(19)11(2)3/h6-9,11,14,19H,5,10H2,1-4H3,(H,17,21). The quantitative estimate of drug-likeness (QED) is 0.840. The predicted molar refractivity (Wildman–Crippen MR) is 83.3 cm³/mol. The van der Waals surface area contributed by atoms with Gasteiger partial charge in [0.15, 0.2) is 0 Å². The van der Waals surface area contributed by atoms with Crippen molar-refractivity contribution in [1.82, 2.24) is 5.32 Å². The van der Waals surface area contributed by atoms with E-state index in [-0.39, 0.29) is 24.3 Å². The van der Waals surface area contributed by atoms with Gasteiger partial charge in [-0.2, -0.15) is 0 Å². The van der Waals surface area contributed by atoms with Gasteiger partial charge in [-0.3, -0.25) is 9.59 Å². The number of amides is 2. The average Bonchev–Trinajstić information content (AvgIpc) is 2.50. The zero-order valence-corrected chi connectivity index (χ0v) is 13.1. The van der Waals surface area contributed by atoms with E-state index in [0.717, 1.165) is 0 Å². The van der Waals surface area contributed by atoms with Gasteiger partial charge in [0.1, 0.15) is 0 Å². The molecule has 2 amide bonds. The van der Waals surface area contributed by atoms with Crippen LogP contribution in [0, 0.1) is 5.92 Å². The van der Waals surface area contributed by atoms with Gasteiger partial charge in [-0.25, -0.2) is 0 Å². The number of anilines is 1. The summed E-state index contributed by atoms with van der Waals surface area (Å²) >= 11 is 0. The SMILES string of the molecule is CCC(=O)N(C)c1ccccc1C(=O)NCC(O)C(C)C. The van der Waals surface area contributed by atoms with Crippen LogP contribution in [0.2, 0.25) is 0 Å². The van der Waals surface area contributed by atoms with Crippen molar-refractivity contribution >= 4 is 17.5 Å². The van der Waals surface area contributed by atoms with Gasteiger partial charge < -0.3 is 15.3 Å². The first-order chi connectivity index (χ1) is 9.88. The van der Waals surface area contributed by atoms with Crippen LogP contribution in [0.5, 0.6) is 0 Å². The fourth-order valence-electron chi connectivity index (χ4n) is 1.86. The Labute approximate surface area is 126 Å². The molecule has 0 aliphatic heterocycles. The van der Waals surface area contributed by atoms with Gasteiger partial charge in [0.05, 0.1) is 17.4 Å². The molecule has 1 atom stereocenters. The largest absolute Gasteiger partial charge is 0.391 e. The van der Waals surface area contributed by atoms with Crippen molar-refractivity contribution in [3.05, 3.63) is 29.8 Å². The lowest BCUT2D eigenvalue weighted by Gasteiger charge is -2.20. The summed E-state index contributed by atoms with van der Waals surface area (Å²) < 4.78 is 0. The molecule has 5 heteroatoms. The predicted octanol–water partition coefficient (Wildman–Crippen LogP) is 1.81. The Morgan fingerprint density at radius 1 is 1.29 bits per heavy atom. The Balaban J connectivity index is 2.88. The number of nitrogens with one attached hydrogen (secondary N) is 1. The van der Waals surface area contributed by atoms with E-state index in [9.17, 15) is 14.7 Å². The van der Waals surface area contributed by atoms with Crippen molar-refractivity contribution in [1.29, 1.82) is 0 Å². The van der Waals surface area contributed by atoms with Crippen molar-refractivity contribution in [2.75, 3.05) is 18.5 Å². The monoisotopic (exact) mass is 292 g/mol.